The molecule has 0 aliphatic heterocycles. The summed E-state index contributed by atoms with van der Waals surface area (Å²) in [4.78, 5) is 3.74. The summed E-state index contributed by atoms with van der Waals surface area (Å²) in [5, 5.41) is 27.5. The highest BCUT2D eigenvalue weighted by atomic mass is 35.5. The Kier molecular flexibility index (Phi) is 3.84. The number of aliphatic hydroxyl groups excluding tert-OH is 2. The molecule has 1 heterocycles. The van der Waals surface area contributed by atoms with E-state index in [4.69, 9.17) is 16.9 Å². The van der Waals surface area contributed by atoms with Gasteiger partial charge in [0.1, 0.15) is 6.10 Å². The second kappa shape index (κ2) is 4.91. The van der Waals surface area contributed by atoms with E-state index in [2.05, 4.69) is 4.98 Å². The van der Waals surface area contributed by atoms with Gasteiger partial charge in [-0.3, -0.25) is 4.98 Å². The van der Waals surface area contributed by atoms with Gasteiger partial charge in [-0.2, -0.15) is 5.26 Å². The van der Waals surface area contributed by atoms with Crippen LogP contribution in [0, 0.1) is 11.3 Å². The zero-order chi connectivity index (χ0) is 10.6. The molecule has 2 atom stereocenters. The zero-order valence-corrected chi connectivity index (χ0v) is 8.02. The Hall–Kier alpha value is -1.15. The maximum atomic E-state index is 9.59. The third-order valence-electron chi connectivity index (χ3n) is 1.79. The number of aromatic nitrogens is 1. The monoisotopic (exact) mass is 212 g/mol. The van der Waals surface area contributed by atoms with Crippen molar-refractivity contribution in [3.8, 4) is 6.07 Å². The smallest absolute Gasteiger partial charge is 0.107 e. The molecule has 74 valence electrons. The van der Waals surface area contributed by atoms with E-state index >= 15 is 0 Å². The summed E-state index contributed by atoms with van der Waals surface area (Å²) < 4.78 is 0. The molecular weight excluding hydrogens is 204 g/mol. The van der Waals surface area contributed by atoms with Gasteiger partial charge in [-0.05, 0) is 6.07 Å². The number of halogens is 1. The van der Waals surface area contributed by atoms with Crippen LogP contribution in [0.3, 0.4) is 0 Å². The molecule has 4 nitrogen and oxygen atoms in total. The fourth-order valence-corrected chi connectivity index (χ4v) is 1.27. The molecule has 5 heteroatoms. The van der Waals surface area contributed by atoms with Crippen LogP contribution in [-0.4, -0.2) is 21.3 Å². The first-order valence-electron chi connectivity index (χ1n) is 3.99. The molecule has 0 saturated heterocycles. The van der Waals surface area contributed by atoms with Gasteiger partial charge in [0.15, 0.2) is 0 Å². The number of hydrogen-bond donors (Lipinski definition) is 2. The lowest BCUT2D eigenvalue weighted by Crippen LogP contribution is -2.17. The van der Waals surface area contributed by atoms with E-state index in [0.29, 0.717) is 5.56 Å². The van der Waals surface area contributed by atoms with Crippen molar-refractivity contribution in [2.75, 3.05) is 0 Å². The Bertz CT molecular complexity index is 351. The largest absolute Gasteiger partial charge is 0.389 e. The molecule has 1 aromatic rings. The summed E-state index contributed by atoms with van der Waals surface area (Å²) in [5.41, 5.74) is 0.379. The highest BCUT2D eigenvalue weighted by Gasteiger charge is 2.20. The molecule has 14 heavy (non-hydrogen) atoms. The van der Waals surface area contributed by atoms with Crippen molar-refractivity contribution in [3.05, 3.63) is 29.0 Å². The summed E-state index contributed by atoms with van der Waals surface area (Å²) >= 11 is 5.75. The van der Waals surface area contributed by atoms with E-state index in [1.807, 2.05) is 0 Å². The van der Waals surface area contributed by atoms with E-state index in [-0.39, 0.29) is 11.4 Å². The Balaban J connectivity index is 2.84. The molecule has 1 aromatic heterocycles. The van der Waals surface area contributed by atoms with Crippen molar-refractivity contribution in [2.45, 2.75) is 18.6 Å². The first kappa shape index (κ1) is 10.9. The second-order valence-electron chi connectivity index (χ2n) is 2.77. The molecule has 0 bridgehead atoms. The second-order valence-corrected chi connectivity index (χ2v) is 3.18. The van der Waals surface area contributed by atoms with E-state index in [1.54, 1.807) is 6.07 Å². The lowest BCUT2D eigenvalue weighted by molar-refractivity contribution is 0.0216. The SMILES string of the molecule is N#CCC(O)C(O)c1ccncc1Cl. The summed E-state index contributed by atoms with van der Waals surface area (Å²) in [7, 11) is 0. The summed E-state index contributed by atoms with van der Waals surface area (Å²) in [6.45, 7) is 0. The first-order valence-corrected chi connectivity index (χ1v) is 4.37. The van der Waals surface area contributed by atoms with Gasteiger partial charge >= 0.3 is 0 Å². The van der Waals surface area contributed by atoms with Crippen molar-refractivity contribution < 1.29 is 10.2 Å². The maximum Gasteiger partial charge on any atom is 0.107 e. The number of rotatable bonds is 3. The van der Waals surface area contributed by atoms with Crippen molar-refractivity contribution in [1.82, 2.24) is 4.98 Å². The molecule has 0 amide bonds. The van der Waals surface area contributed by atoms with E-state index < -0.39 is 12.2 Å². The van der Waals surface area contributed by atoms with Crippen LogP contribution in [0.5, 0.6) is 0 Å². The van der Waals surface area contributed by atoms with Gasteiger partial charge in [0.2, 0.25) is 0 Å². The third-order valence-corrected chi connectivity index (χ3v) is 2.10. The Morgan fingerprint density at radius 2 is 2.29 bits per heavy atom. The minimum Gasteiger partial charge on any atom is -0.389 e. The normalized spacial score (nSPS) is 14.4. The quantitative estimate of drug-likeness (QED) is 0.785. The Morgan fingerprint density at radius 1 is 1.57 bits per heavy atom. The van der Waals surface area contributed by atoms with Crippen molar-refractivity contribution >= 4 is 11.6 Å². The van der Waals surface area contributed by atoms with Gasteiger partial charge < -0.3 is 10.2 Å². The van der Waals surface area contributed by atoms with Gasteiger partial charge in [-0.1, -0.05) is 11.6 Å². The first-order chi connectivity index (χ1) is 6.66. The molecule has 0 spiro atoms. The molecule has 1 rings (SSSR count). The van der Waals surface area contributed by atoms with Crippen LogP contribution >= 0.6 is 11.6 Å². The summed E-state index contributed by atoms with van der Waals surface area (Å²) in [5.74, 6) is 0. The van der Waals surface area contributed by atoms with Crippen LogP contribution in [0.15, 0.2) is 18.5 Å². The number of hydrogen-bond acceptors (Lipinski definition) is 4. The van der Waals surface area contributed by atoms with Crippen molar-refractivity contribution in [2.24, 2.45) is 0 Å². The van der Waals surface area contributed by atoms with E-state index in [9.17, 15) is 10.2 Å². The lowest BCUT2D eigenvalue weighted by atomic mass is 10.0. The highest BCUT2D eigenvalue weighted by Crippen LogP contribution is 2.24. The van der Waals surface area contributed by atoms with Gasteiger partial charge in [-0.15, -0.1) is 0 Å². The fourth-order valence-electron chi connectivity index (χ4n) is 1.04. The third kappa shape index (κ3) is 2.42. The molecular formula is C9H9ClN2O2. The van der Waals surface area contributed by atoms with Crippen LogP contribution in [0.1, 0.15) is 18.1 Å². The average Bonchev–Trinajstić information content (AvgIpc) is 2.18. The van der Waals surface area contributed by atoms with E-state index in [0.717, 1.165) is 0 Å². The molecule has 0 aliphatic rings. The molecule has 2 N–H and O–H groups in total. The minimum atomic E-state index is -1.15. The minimum absolute atomic E-state index is 0.139. The lowest BCUT2D eigenvalue weighted by Gasteiger charge is -2.16. The van der Waals surface area contributed by atoms with E-state index in [1.165, 1.54) is 18.5 Å². The van der Waals surface area contributed by atoms with Crippen LogP contribution in [0.4, 0.5) is 0 Å². The van der Waals surface area contributed by atoms with Gasteiger partial charge in [0, 0.05) is 18.0 Å². The molecule has 0 radical (unpaired) electrons. The van der Waals surface area contributed by atoms with Crippen LogP contribution in [-0.2, 0) is 0 Å². The summed E-state index contributed by atoms with van der Waals surface area (Å²) in [6, 6.07) is 3.28. The van der Waals surface area contributed by atoms with Crippen LogP contribution in [0.25, 0.3) is 0 Å². The predicted octanol–water partition coefficient (Wildman–Crippen LogP) is 1.04. The van der Waals surface area contributed by atoms with Crippen molar-refractivity contribution in [3.63, 3.8) is 0 Å². The predicted molar refractivity (Wildman–Crippen MR) is 50.4 cm³/mol. The van der Waals surface area contributed by atoms with Gasteiger partial charge in [-0.25, -0.2) is 0 Å². The van der Waals surface area contributed by atoms with Gasteiger partial charge in [0.05, 0.1) is 23.6 Å². The molecule has 0 saturated carbocycles. The van der Waals surface area contributed by atoms with Gasteiger partial charge in [0.25, 0.3) is 0 Å². The Morgan fingerprint density at radius 3 is 2.86 bits per heavy atom. The van der Waals surface area contributed by atoms with Crippen LogP contribution in [0.2, 0.25) is 5.02 Å². The molecule has 0 aliphatic carbocycles. The number of nitriles is 1. The number of aliphatic hydroxyl groups is 2. The molecule has 0 fully saturated rings. The van der Waals surface area contributed by atoms with Crippen LogP contribution < -0.4 is 0 Å². The Labute approximate surface area is 86.4 Å². The fraction of sp³-hybridized carbons (Fsp3) is 0.333. The topological polar surface area (TPSA) is 77.1 Å². The molecule has 0 aromatic carbocycles. The number of pyridine rings is 1. The highest BCUT2D eigenvalue weighted by molar-refractivity contribution is 6.31. The van der Waals surface area contributed by atoms with Crippen molar-refractivity contribution in [1.29, 1.82) is 5.26 Å². The standard InChI is InChI=1S/C9H9ClN2O2/c10-7-5-12-4-2-6(7)9(14)8(13)1-3-11/h2,4-5,8-9,13-14H,1H2. The molecule has 2 unspecified atom stereocenters. The number of nitrogens with zero attached hydrogens (tertiary/aromatic N) is 2. The maximum absolute atomic E-state index is 9.59. The summed E-state index contributed by atoms with van der Waals surface area (Å²) in [6.07, 6.45) is 0.424. The zero-order valence-electron chi connectivity index (χ0n) is 7.26. The average molecular weight is 213 g/mol.